The van der Waals surface area contributed by atoms with Crippen molar-refractivity contribution in [2.75, 3.05) is 26.9 Å². The monoisotopic (exact) mass is 385 g/mol. The number of methoxy groups -OCH3 is 1. The van der Waals surface area contributed by atoms with Crippen LogP contribution in [0.25, 0.3) is 0 Å². The largest absolute Gasteiger partial charge is 0.497 e. The molecule has 0 amide bonds. The fourth-order valence-corrected chi connectivity index (χ4v) is 4.86. The van der Waals surface area contributed by atoms with Gasteiger partial charge in [0.25, 0.3) is 0 Å². The minimum atomic E-state index is -0.262. The van der Waals surface area contributed by atoms with E-state index in [4.69, 9.17) is 19.9 Å². The summed E-state index contributed by atoms with van der Waals surface area (Å²) < 4.78 is 31.0. The van der Waals surface area contributed by atoms with E-state index in [0.29, 0.717) is 25.7 Å². The highest BCUT2D eigenvalue weighted by Crippen LogP contribution is 2.44. The Morgan fingerprint density at radius 3 is 2.71 bits per heavy atom. The Morgan fingerprint density at radius 2 is 2.00 bits per heavy atom. The van der Waals surface area contributed by atoms with Crippen LogP contribution in [0.5, 0.6) is 5.75 Å². The van der Waals surface area contributed by atoms with Crippen LogP contribution in [0.4, 0.5) is 4.39 Å². The second-order valence-corrected chi connectivity index (χ2v) is 7.72. The molecule has 3 unspecified atom stereocenters. The SMILES string of the molecule is COc1ccc2c(c1)CCC(C(Cc1cccc(F)c1)C1OCCO1)C2CN. The third-order valence-electron chi connectivity index (χ3n) is 6.17. The Morgan fingerprint density at radius 1 is 1.18 bits per heavy atom. The standard InChI is InChI=1S/C23H28FNO3/c1-26-18-6-8-19-16(13-18)5-7-20(22(19)14-25)21(23-27-9-10-28-23)12-15-3-2-4-17(24)11-15/h2-4,6,8,11,13,20-23H,5,7,9-10,12,14,25H2,1H3. The highest BCUT2D eigenvalue weighted by atomic mass is 19.1. The van der Waals surface area contributed by atoms with Crippen molar-refractivity contribution in [2.45, 2.75) is 31.5 Å². The van der Waals surface area contributed by atoms with Gasteiger partial charge in [-0.3, -0.25) is 0 Å². The van der Waals surface area contributed by atoms with Crippen molar-refractivity contribution in [3.63, 3.8) is 0 Å². The molecule has 150 valence electrons. The number of nitrogens with two attached hydrogens (primary N) is 1. The topological polar surface area (TPSA) is 53.7 Å². The van der Waals surface area contributed by atoms with Gasteiger partial charge in [-0.05, 0) is 78.6 Å². The lowest BCUT2D eigenvalue weighted by atomic mass is 9.68. The number of ether oxygens (including phenoxy) is 3. The Kier molecular flexibility index (Phi) is 5.95. The molecule has 3 atom stereocenters. The Bertz CT molecular complexity index is 806. The van der Waals surface area contributed by atoms with Gasteiger partial charge in [-0.2, -0.15) is 0 Å². The molecule has 0 saturated carbocycles. The van der Waals surface area contributed by atoms with Gasteiger partial charge in [0, 0.05) is 5.92 Å². The van der Waals surface area contributed by atoms with Gasteiger partial charge >= 0.3 is 0 Å². The summed E-state index contributed by atoms with van der Waals surface area (Å²) in [4.78, 5) is 0. The third kappa shape index (κ3) is 3.93. The fourth-order valence-electron chi connectivity index (χ4n) is 4.86. The first kappa shape index (κ1) is 19.4. The number of halogens is 1. The maximum Gasteiger partial charge on any atom is 0.161 e. The average Bonchev–Trinajstić information content (AvgIpc) is 3.25. The van der Waals surface area contributed by atoms with Gasteiger partial charge in [-0.25, -0.2) is 4.39 Å². The lowest BCUT2D eigenvalue weighted by Gasteiger charge is -2.40. The predicted octanol–water partition coefficient (Wildman–Crippen LogP) is 3.67. The normalized spacial score (nSPS) is 23.4. The van der Waals surface area contributed by atoms with E-state index in [9.17, 15) is 4.39 Å². The van der Waals surface area contributed by atoms with Crippen molar-refractivity contribution in [1.82, 2.24) is 0 Å². The predicted molar refractivity (Wildman–Crippen MR) is 106 cm³/mol. The number of hydrogen-bond acceptors (Lipinski definition) is 4. The summed E-state index contributed by atoms with van der Waals surface area (Å²) in [6.07, 6.45) is 2.43. The van der Waals surface area contributed by atoms with Gasteiger partial charge in [0.1, 0.15) is 11.6 Å². The first-order valence-corrected chi connectivity index (χ1v) is 10.0. The van der Waals surface area contributed by atoms with Crippen molar-refractivity contribution in [3.8, 4) is 5.75 Å². The van der Waals surface area contributed by atoms with Crippen molar-refractivity contribution in [3.05, 3.63) is 65.0 Å². The van der Waals surface area contributed by atoms with Crippen LogP contribution < -0.4 is 10.5 Å². The van der Waals surface area contributed by atoms with Crippen LogP contribution in [0.3, 0.4) is 0 Å². The van der Waals surface area contributed by atoms with E-state index in [1.807, 2.05) is 12.1 Å². The molecule has 2 aliphatic rings. The highest BCUT2D eigenvalue weighted by Gasteiger charge is 2.40. The smallest absolute Gasteiger partial charge is 0.161 e. The van der Waals surface area contributed by atoms with Gasteiger partial charge in [0.2, 0.25) is 0 Å². The molecule has 1 fully saturated rings. The van der Waals surface area contributed by atoms with E-state index < -0.39 is 0 Å². The zero-order valence-electron chi connectivity index (χ0n) is 16.3. The second-order valence-electron chi connectivity index (χ2n) is 7.72. The number of fused-ring (bicyclic) bond motifs is 1. The molecular weight excluding hydrogens is 357 g/mol. The van der Waals surface area contributed by atoms with E-state index in [-0.39, 0.29) is 23.9 Å². The number of aryl methyl sites for hydroxylation is 1. The maximum atomic E-state index is 13.8. The molecule has 1 aliphatic heterocycles. The number of rotatable bonds is 6. The summed E-state index contributed by atoms with van der Waals surface area (Å²) in [7, 11) is 1.69. The van der Waals surface area contributed by atoms with Crippen molar-refractivity contribution >= 4 is 0 Å². The summed E-state index contributed by atoms with van der Waals surface area (Å²) in [6, 6.07) is 13.1. The van der Waals surface area contributed by atoms with Crippen molar-refractivity contribution in [2.24, 2.45) is 17.6 Å². The molecule has 0 aromatic heterocycles. The first-order chi connectivity index (χ1) is 13.7. The molecule has 28 heavy (non-hydrogen) atoms. The van der Waals surface area contributed by atoms with Crippen LogP contribution in [0.15, 0.2) is 42.5 Å². The molecule has 2 aromatic rings. The van der Waals surface area contributed by atoms with Gasteiger partial charge in [-0.15, -0.1) is 0 Å². The van der Waals surface area contributed by atoms with Gasteiger partial charge in [0.05, 0.1) is 20.3 Å². The molecule has 5 heteroatoms. The molecule has 0 bridgehead atoms. The van der Waals surface area contributed by atoms with Crippen LogP contribution in [0.2, 0.25) is 0 Å². The minimum absolute atomic E-state index is 0.133. The lowest BCUT2D eigenvalue weighted by Crippen LogP contribution is -2.39. The van der Waals surface area contributed by atoms with Gasteiger partial charge < -0.3 is 19.9 Å². The van der Waals surface area contributed by atoms with Gasteiger partial charge in [0.15, 0.2) is 6.29 Å². The van der Waals surface area contributed by atoms with E-state index in [2.05, 4.69) is 12.1 Å². The van der Waals surface area contributed by atoms with E-state index in [1.54, 1.807) is 19.2 Å². The molecule has 0 radical (unpaired) electrons. The molecule has 2 N–H and O–H groups in total. The molecule has 1 saturated heterocycles. The van der Waals surface area contributed by atoms with E-state index in [1.165, 1.54) is 17.2 Å². The average molecular weight is 385 g/mol. The van der Waals surface area contributed by atoms with Crippen LogP contribution >= 0.6 is 0 Å². The minimum Gasteiger partial charge on any atom is -0.497 e. The lowest BCUT2D eigenvalue weighted by molar-refractivity contribution is -0.104. The zero-order chi connectivity index (χ0) is 19.5. The van der Waals surface area contributed by atoms with Crippen LogP contribution in [-0.2, 0) is 22.3 Å². The summed E-state index contributed by atoms with van der Waals surface area (Å²) in [5.41, 5.74) is 9.84. The molecule has 4 nitrogen and oxygen atoms in total. The number of benzene rings is 2. The Hall–Kier alpha value is -1.95. The van der Waals surface area contributed by atoms with Crippen LogP contribution in [0.1, 0.15) is 29.0 Å². The molecule has 1 heterocycles. The quantitative estimate of drug-likeness (QED) is 0.824. The Balaban J connectivity index is 1.64. The molecule has 2 aromatic carbocycles. The molecule has 1 aliphatic carbocycles. The summed E-state index contributed by atoms with van der Waals surface area (Å²) in [5.74, 6) is 1.35. The summed E-state index contributed by atoms with van der Waals surface area (Å²) >= 11 is 0. The van der Waals surface area contributed by atoms with Crippen molar-refractivity contribution in [1.29, 1.82) is 0 Å². The molecular formula is C23H28FNO3. The number of hydrogen-bond donors (Lipinski definition) is 1. The van der Waals surface area contributed by atoms with Gasteiger partial charge in [-0.1, -0.05) is 18.2 Å². The third-order valence-corrected chi connectivity index (χ3v) is 6.17. The summed E-state index contributed by atoms with van der Waals surface area (Å²) in [5, 5.41) is 0. The van der Waals surface area contributed by atoms with E-state index in [0.717, 1.165) is 30.6 Å². The van der Waals surface area contributed by atoms with E-state index >= 15 is 0 Å². The zero-order valence-corrected chi connectivity index (χ0v) is 16.3. The maximum absolute atomic E-state index is 13.8. The van der Waals surface area contributed by atoms with Crippen LogP contribution in [0, 0.1) is 17.7 Å². The molecule has 0 spiro atoms. The van der Waals surface area contributed by atoms with Crippen LogP contribution in [-0.4, -0.2) is 33.2 Å². The van der Waals surface area contributed by atoms with Crippen molar-refractivity contribution < 1.29 is 18.6 Å². The fraction of sp³-hybridized carbons (Fsp3) is 0.478. The first-order valence-electron chi connectivity index (χ1n) is 10.0. The molecule has 4 rings (SSSR count). The highest BCUT2D eigenvalue weighted by molar-refractivity contribution is 5.40. The Labute approximate surface area is 165 Å². The second kappa shape index (κ2) is 8.60. The summed E-state index contributed by atoms with van der Waals surface area (Å²) in [6.45, 7) is 1.78.